The van der Waals surface area contributed by atoms with Gasteiger partial charge in [0, 0.05) is 30.9 Å². The Labute approximate surface area is 178 Å². The fraction of sp³-hybridized carbons (Fsp3) is 0.391. The zero-order valence-electron chi connectivity index (χ0n) is 17.3. The van der Waals surface area contributed by atoms with Crippen LogP contribution in [0.3, 0.4) is 0 Å². The molecule has 0 unspecified atom stereocenters. The van der Waals surface area contributed by atoms with Crippen molar-refractivity contribution in [1.82, 2.24) is 4.90 Å². The molecule has 1 aliphatic rings. The van der Waals surface area contributed by atoms with E-state index >= 15 is 0 Å². The second-order valence-electron chi connectivity index (χ2n) is 7.56. The van der Waals surface area contributed by atoms with Gasteiger partial charge in [-0.25, -0.2) is 8.42 Å². The number of para-hydroxylation sites is 1. The molecule has 30 heavy (non-hydrogen) atoms. The molecule has 0 saturated carbocycles. The number of nitrogens with zero attached hydrogens (tertiary/aromatic N) is 2. The lowest BCUT2D eigenvalue weighted by molar-refractivity contribution is -0.116. The number of rotatable bonds is 7. The van der Waals surface area contributed by atoms with Gasteiger partial charge in [-0.3, -0.25) is 9.59 Å². The smallest absolute Gasteiger partial charge is 0.253 e. The number of piperidine rings is 1. The Morgan fingerprint density at radius 3 is 2.33 bits per heavy atom. The van der Waals surface area contributed by atoms with Crippen molar-refractivity contribution in [1.29, 1.82) is 0 Å². The fourth-order valence-corrected chi connectivity index (χ4v) is 5.08. The molecule has 7 heteroatoms. The van der Waals surface area contributed by atoms with Crippen molar-refractivity contribution in [2.75, 3.05) is 30.3 Å². The van der Waals surface area contributed by atoms with E-state index in [0.717, 1.165) is 32.4 Å². The van der Waals surface area contributed by atoms with Crippen molar-refractivity contribution < 1.29 is 18.0 Å². The molecule has 3 rings (SSSR count). The molecule has 0 radical (unpaired) electrons. The first-order valence-electron chi connectivity index (χ1n) is 10.3. The molecule has 1 heterocycles. The van der Waals surface area contributed by atoms with Gasteiger partial charge in [-0.05, 0) is 56.0 Å². The predicted molar refractivity (Wildman–Crippen MR) is 118 cm³/mol. The number of hydrogen-bond acceptors (Lipinski definition) is 4. The van der Waals surface area contributed by atoms with E-state index in [0.29, 0.717) is 23.4 Å². The highest BCUT2D eigenvalue weighted by atomic mass is 32.2. The Morgan fingerprint density at radius 1 is 0.967 bits per heavy atom. The summed E-state index contributed by atoms with van der Waals surface area (Å²) in [5, 5.41) is 0. The van der Waals surface area contributed by atoms with E-state index in [2.05, 4.69) is 0 Å². The van der Waals surface area contributed by atoms with Crippen LogP contribution in [0, 0.1) is 0 Å². The van der Waals surface area contributed by atoms with Crippen LogP contribution < -0.4 is 4.90 Å². The topological polar surface area (TPSA) is 74.8 Å². The lowest BCUT2D eigenvalue weighted by Crippen LogP contribution is -2.36. The summed E-state index contributed by atoms with van der Waals surface area (Å²) >= 11 is 0. The number of carbonyl (C=O) groups is 2. The highest BCUT2D eigenvalue weighted by Gasteiger charge is 2.23. The number of benzene rings is 2. The van der Waals surface area contributed by atoms with Crippen molar-refractivity contribution in [2.45, 2.75) is 31.9 Å². The Kier molecular flexibility index (Phi) is 7.26. The van der Waals surface area contributed by atoms with Gasteiger partial charge in [-0.1, -0.05) is 30.3 Å². The second-order valence-corrected chi connectivity index (χ2v) is 9.62. The summed E-state index contributed by atoms with van der Waals surface area (Å²) < 4.78 is 25.4. The van der Waals surface area contributed by atoms with Crippen LogP contribution in [-0.4, -0.2) is 50.5 Å². The molecule has 2 aromatic rings. The number of amides is 2. The maximum absolute atomic E-state index is 12.7. The molecule has 1 fully saturated rings. The lowest BCUT2D eigenvalue weighted by atomic mass is 10.1. The summed E-state index contributed by atoms with van der Waals surface area (Å²) in [6, 6.07) is 15.8. The van der Waals surface area contributed by atoms with Gasteiger partial charge in [0.2, 0.25) is 5.91 Å². The Balaban J connectivity index is 1.69. The molecule has 0 spiro atoms. The first-order chi connectivity index (χ1) is 14.4. The van der Waals surface area contributed by atoms with Crippen molar-refractivity contribution in [3.8, 4) is 0 Å². The molecule has 160 valence electrons. The van der Waals surface area contributed by atoms with E-state index in [1.54, 1.807) is 36.4 Å². The first kappa shape index (κ1) is 22.0. The average Bonchev–Trinajstić information content (AvgIpc) is 2.74. The van der Waals surface area contributed by atoms with E-state index in [9.17, 15) is 18.0 Å². The average molecular weight is 429 g/mol. The summed E-state index contributed by atoms with van der Waals surface area (Å²) in [6.45, 7) is 3.68. The van der Waals surface area contributed by atoms with Crippen LogP contribution in [0.15, 0.2) is 54.6 Å². The van der Waals surface area contributed by atoms with Crippen molar-refractivity contribution in [3.63, 3.8) is 0 Å². The van der Waals surface area contributed by atoms with Gasteiger partial charge < -0.3 is 9.80 Å². The molecule has 0 N–H and O–H groups in total. The molecular formula is C23H28N2O4S. The summed E-state index contributed by atoms with van der Waals surface area (Å²) in [5.74, 6) is -1.36. The predicted octanol–water partition coefficient (Wildman–Crippen LogP) is 3.28. The molecule has 0 aromatic heterocycles. The van der Waals surface area contributed by atoms with Crippen LogP contribution in [0.25, 0.3) is 0 Å². The van der Waals surface area contributed by atoms with Crippen molar-refractivity contribution >= 4 is 27.3 Å². The maximum atomic E-state index is 12.7. The lowest BCUT2D eigenvalue weighted by Gasteiger charge is -2.26. The van der Waals surface area contributed by atoms with E-state index in [1.165, 1.54) is 4.90 Å². The van der Waals surface area contributed by atoms with Crippen molar-refractivity contribution in [2.24, 2.45) is 0 Å². The molecular weight excluding hydrogens is 400 g/mol. The van der Waals surface area contributed by atoms with Crippen LogP contribution in [0.5, 0.6) is 0 Å². The van der Waals surface area contributed by atoms with Gasteiger partial charge in [0.15, 0.2) is 9.84 Å². The van der Waals surface area contributed by atoms with Crippen LogP contribution in [0.2, 0.25) is 0 Å². The van der Waals surface area contributed by atoms with Gasteiger partial charge in [0.05, 0.1) is 5.75 Å². The molecule has 6 nitrogen and oxygen atoms in total. The summed E-state index contributed by atoms with van der Waals surface area (Å²) in [7, 11) is -3.68. The SMILES string of the molecule is CCN(C(=O)CS(=O)(=O)Cc1cccc(C(=O)N2CCCCC2)c1)c1ccccc1. The third kappa shape index (κ3) is 5.69. The van der Waals surface area contributed by atoms with Crippen LogP contribution >= 0.6 is 0 Å². The van der Waals surface area contributed by atoms with Crippen molar-refractivity contribution in [3.05, 3.63) is 65.7 Å². The summed E-state index contributed by atoms with van der Waals surface area (Å²) in [5.41, 5.74) is 1.69. The third-order valence-corrected chi connectivity index (χ3v) is 6.69. The van der Waals surface area contributed by atoms with Gasteiger partial charge in [-0.15, -0.1) is 0 Å². The molecule has 1 saturated heterocycles. The number of sulfone groups is 1. The number of carbonyl (C=O) groups excluding carboxylic acids is 2. The highest BCUT2D eigenvalue weighted by Crippen LogP contribution is 2.17. The first-order valence-corrected chi connectivity index (χ1v) is 12.2. The Bertz CT molecular complexity index is 983. The van der Waals surface area contributed by atoms with Gasteiger partial charge in [0.25, 0.3) is 5.91 Å². The van der Waals surface area contributed by atoms with Gasteiger partial charge in [0.1, 0.15) is 5.75 Å². The van der Waals surface area contributed by atoms with E-state index in [4.69, 9.17) is 0 Å². The van der Waals surface area contributed by atoms with Crippen LogP contribution in [0.1, 0.15) is 42.1 Å². The van der Waals surface area contributed by atoms with Crippen LogP contribution in [-0.2, 0) is 20.4 Å². The number of likely N-dealkylation sites (tertiary alicyclic amines) is 1. The molecule has 2 amide bonds. The monoisotopic (exact) mass is 428 g/mol. The minimum atomic E-state index is -3.68. The summed E-state index contributed by atoms with van der Waals surface area (Å²) in [4.78, 5) is 28.6. The Hall–Kier alpha value is -2.67. The van der Waals surface area contributed by atoms with Crippen LogP contribution in [0.4, 0.5) is 5.69 Å². The van der Waals surface area contributed by atoms with E-state index in [1.807, 2.05) is 30.0 Å². The Morgan fingerprint density at radius 2 is 1.67 bits per heavy atom. The molecule has 1 aliphatic heterocycles. The largest absolute Gasteiger partial charge is 0.339 e. The minimum absolute atomic E-state index is 0.0636. The molecule has 2 aromatic carbocycles. The zero-order chi connectivity index (χ0) is 21.6. The maximum Gasteiger partial charge on any atom is 0.253 e. The van der Waals surface area contributed by atoms with E-state index < -0.39 is 21.5 Å². The zero-order valence-corrected chi connectivity index (χ0v) is 18.1. The third-order valence-electron chi connectivity index (χ3n) is 5.23. The normalized spacial score (nSPS) is 14.4. The fourth-order valence-electron chi connectivity index (χ4n) is 3.76. The minimum Gasteiger partial charge on any atom is -0.339 e. The van der Waals surface area contributed by atoms with Gasteiger partial charge in [-0.2, -0.15) is 0 Å². The highest BCUT2D eigenvalue weighted by molar-refractivity contribution is 7.91. The van der Waals surface area contributed by atoms with E-state index in [-0.39, 0.29) is 11.7 Å². The molecule has 0 aliphatic carbocycles. The second kappa shape index (κ2) is 9.89. The quantitative estimate of drug-likeness (QED) is 0.678. The summed E-state index contributed by atoms with van der Waals surface area (Å²) in [6.07, 6.45) is 3.13. The molecule has 0 bridgehead atoms. The van der Waals surface area contributed by atoms with Gasteiger partial charge >= 0.3 is 0 Å². The standard InChI is InChI=1S/C23H28N2O4S/c1-2-25(21-12-5-3-6-13-21)22(26)18-30(28,29)17-19-10-9-11-20(16-19)23(27)24-14-7-4-8-15-24/h3,5-6,9-13,16H,2,4,7-8,14-15,17-18H2,1H3. The molecule has 0 atom stereocenters. The number of anilines is 1. The number of hydrogen-bond donors (Lipinski definition) is 0.